The van der Waals surface area contributed by atoms with Gasteiger partial charge in [0, 0.05) is 44.0 Å². The van der Waals surface area contributed by atoms with Gasteiger partial charge in [0.2, 0.25) is 0 Å². The van der Waals surface area contributed by atoms with Crippen molar-refractivity contribution in [2.75, 3.05) is 50.7 Å². The number of likely N-dealkylation sites (tertiary alicyclic amines) is 2. The first-order chi connectivity index (χ1) is 12.8. The van der Waals surface area contributed by atoms with Crippen LogP contribution < -0.4 is 4.90 Å². The van der Waals surface area contributed by atoms with Crippen LogP contribution in [0.2, 0.25) is 0 Å². The second-order valence-electron chi connectivity index (χ2n) is 10.6. The molecule has 27 heavy (non-hydrogen) atoms. The van der Waals surface area contributed by atoms with Gasteiger partial charge >= 0.3 is 0 Å². The lowest BCUT2D eigenvalue weighted by atomic mass is 9.71. The van der Waals surface area contributed by atoms with Crippen LogP contribution in [0.3, 0.4) is 0 Å². The van der Waals surface area contributed by atoms with Crippen molar-refractivity contribution in [2.24, 2.45) is 11.3 Å². The van der Waals surface area contributed by atoms with E-state index in [2.05, 4.69) is 66.7 Å². The molecule has 0 atom stereocenters. The smallest absolute Gasteiger partial charge is 0.0366 e. The van der Waals surface area contributed by atoms with E-state index in [4.69, 9.17) is 0 Å². The SMILES string of the molecule is Cc1ccc(N2CCC3(CC2)CN(CC2CCN(C(C)(C)C)CC2)C3)cc1. The maximum absolute atomic E-state index is 2.76. The molecule has 3 heterocycles. The molecule has 3 aliphatic rings. The van der Waals surface area contributed by atoms with Crippen LogP contribution in [-0.4, -0.2) is 61.2 Å². The molecule has 3 heteroatoms. The highest BCUT2D eigenvalue weighted by molar-refractivity contribution is 5.48. The van der Waals surface area contributed by atoms with Crippen LogP contribution in [0.5, 0.6) is 0 Å². The molecule has 4 rings (SSSR count). The normalized spacial score (nSPS) is 25.0. The van der Waals surface area contributed by atoms with Gasteiger partial charge in [-0.1, -0.05) is 17.7 Å². The standard InChI is InChI=1S/C24H39N3/c1-20-5-7-22(8-6-20)26-15-11-24(12-16-26)18-25(19-24)17-21-9-13-27(14-10-21)23(2,3)4/h5-8,21H,9-19H2,1-4H3. The van der Waals surface area contributed by atoms with Gasteiger partial charge in [-0.15, -0.1) is 0 Å². The second kappa shape index (κ2) is 7.40. The van der Waals surface area contributed by atoms with E-state index in [9.17, 15) is 0 Å². The Kier molecular flexibility index (Phi) is 5.28. The number of piperidine rings is 2. The first-order valence-electron chi connectivity index (χ1n) is 11.1. The molecule has 1 spiro atoms. The van der Waals surface area contributed by atoms with Crippen molar-refractivity contribution in [3.05, 3.63) is 29.8 Å². The Morgan fingerprint density at radius 3 is 2.07 bits per heavy atom. The minimum atomic E-state index is 0.344. The summed E-state index contributed by atoms with van der Waals surface area (Å²) in [4.78, 5) is 8.02. The summed E-state index contributed by atoms with van der Waals surface area (Å²) in [6, 6.07) is 9.08. The van der Waals surface area contributed by atoms with E-state index in [1.54, 1.807) is 0 Å². The molecule has 0 saturated carbocycles. The fourth-order valence-electron chi connectivity index (χ4n) is 5.49. The Hall–Kier alpha value is -1.06. The van der Waals surface area contributed by atoms with Crippen molar-refractivity contribution in [3.63, 3.8) is 0 Å². The van der Waals surface area contributed by atoms with E-state index in [1.165, 1.54) is 82.7 Å². The van der Waals surface area contributed by atoms with Gasteiger partial charge in [-0.25, -0.2) is 0 Å². The van der Waals surface area contributed by atoms with Gasteiger partial charge in [0.15, 0.2) is 0 Å². The molecule has 3 aliphatic heterocycles. The molecule has 3 saturated heterocycles. The first-order valence-corrected chi connectivity index (χ1v) is 11.1. The molecular formula is C24H39N3. The molecule has 0 aromatic heterocycles. The number of benzene rings is 1. The Bertz CT molecular complexity index is 606. The van der Waals surface area contributed by atoms with Crippen LogP contribution >= 0.6 is 0 Å². The van der Waals surface area contributed by atoms with Gasteiger partial charge in [0.1, 0.15) is 0 Å². The summed E-state index contributed by atoms with van der Waals surface area (Å²) in [5, 5.41) is 0. The Morgan fingerprint density at radius 2 is 1.52 bits per heavy atom. The second-order valence-corrected chi connectivity index (χ2v) is 10.6. The van der Waals surface area contributed by atoms with Crippen LogP contribution in [0, 0.1) is 18.3 Å². The molecule has 1 aromatic rings. The van der Waals surface area contributed by atoms with Crippen molar-refractivity contribution in [3.8, 4) is 0 Å². The van der Waals surface area contributed by atoms with Crippen molar-refractivity contribution in [1.82, 2.24) is 9.80 Å². The third-order valence-electron chi connectivity index (χ3n) is 7.42. The zero-order chi connectivity index (χ0) is 19.1. The fraction of sp³-hybridized carbons (Fsp3) is 0.750. The lowest BCUT2D eigenvalue weighted by Gasteiger charge is -2.55. The minimum Gasteiger partial charge on any atom is -0.371 e. The fourth-order valence-corrected chi connectivity index (χ4v) is 5.49. The summed E-state index contributed by atoms with van der Waals surface area (Å²) in [5.74, 6) is 0.925. The Morgan fingerprint density at radius 1 is 0.926 bits per heavy atom. The van der Waals surface area contributed by atoms with Crippen LogP contribution in [0.4, 0.5) is 5.69 Å². The Balaban J connectivity index is 1.20. The quantitative estimate of drug-likeness (QED) is 0.781. The number of anilines is 1. The topological polar surface area (TPSA) is 9.72 Å². The van der Waals surface area contributed by atoms with Crippen molar-refractivity contribution < 1.29 is 0 Å². The molecule has 0 amide bonds. The largest absolute Gasteiger partial charge is 0.371 e. The maximum atomic E-state index is 2.76. The molecule has 0 radical (unpaired) electrons. The monoisotopic (exact) mass is 369 g/mol. The van der Waals surface area contributed by atoms with Gasteiger partial charge in [0.25, 0.3) is 0 Å². The zero-order valence-electron chi connectivity index (χ0n) is 18.0. The minimum absolute atomic E-state index is 0.344. The van der Waals surface area contributed by atoms with E-state index >= 15 is 0 Å². The molecule has 1 aromatic carbocycles. The van der Waals surface area contributed by atoms with Gasteiger partial charge in [-0.2, -0.15) is 0 Å². The van der Waals surface area contributed by atoms with Crippen molar-refractivity contribution in [1.29, 1.82) is 0 Å². The number of hydrogen-bond donors (Lipinski definition) is 0. The zero-order valence-corrected chi connectivity index (χ0v) is 18.0. The summed E-state index contributed by atoms with van der Waals surface area (Å²) < 4.78 is 0. The molecular weight excluding hydrogens is 330 g/mol. The lowest BCUT2D eigenvalue weighted by Crippen LogP contribution is -2.61. The van der Waals surface area contributed by atoms with E-state index in [0.29, 0.717) is 11.0 Å². The predicted octanol–water partition coefficient (Wildman–Crippen LogP) is 4.41. The summed E-state index contributed by atoms with van der Waals surface area (Å²) >= 11 is 0. The first kappa shape index (κ1) is 19.3. The Labute approximate surface area is 166 Å². The van der Waals surface area contributed by atoms with E-state index in [-0.39, 0.29) is 0 Å². The van der Waals surface area contributed by atoms with Crippen molar-refractivity contribution >= 4 is 5.69 Å². The van der Waals surface area contributed by atoms with Gasteiger partial charge in [-0.3, -0.25) is 4.90 Å². The molecule has 150 valence electrons. The van der Waals surface area contributed by atoms with E-state index < -0.39 is 0 Å². The van der Waals surface area contributed by atoms with Gasteiger partial charge in [0.05, 0.1) is 0 Å². The summed E-state index contributed by atoms with van der Waals surface area (Å²) in [6.45, 7) is 18.4. The van der Waals surface area contributed by atoms with E-state index in [1.807, 2.05) is 0 Å². The number of aryl methyl sites for hydroxylation is 1. The molecule has 0 bridgehead atoms. The average molecular weight is 370 g/mol. The van der Waals surface area contributed by atoms with Gasteiger partial charge in [-0.05, 0) is 89.9 Å². The lowest BCUT2D eigenvalue weighted by molar-refractivity contribution is -0.0356. The van der Waals surface area contributed by atoms with Crippen LogP contribution in [-0.2, 0) is 0 Å². The number of nitrogens with zero attached hydrogens (tertiary/aromatic N) is 3. The molecule has 0 unspecified atom stereocenters. The average Bonchev–Trinajstić information content (AvgIpc) is 2.61. The highest BCUT2D eigenvalue weighted by Crippen LogP contribution is 2.42. The molecule has 0 aliphatic carbocycles. The molecule has 0 N–H and O–H groups in total. The van der Waals surface area contributed by atoms with Crippen LogP contribution in [0.25, 0.3) is 0 Å². The maximum Gasteiger partial charge on any atom is 0.0366 e. The van der Waals surface area contributed by atoms with Crippen LogP contribution in [0.15, 0.2) is 24.3 Å². The van der Waals surface area contributed by atoms with E-state index in [0.717, 1.165) is 5.92 Å². The highest BCUT2D eigenvalue weighted by atomic mass is 15.2. The third-order valence-corrected chi connectivity index (χ3v) is 7.42. The summed E-state index contributed by atoms with van der Waals surface area (Å²) in [7, 11) is 0. The number of hydrogen-bond acceptors (Lipinski definition) is 3. The van der Waals surface area contributed by atoms with Gasteiger partial charge < -0.3 is 9.80 Å². The summed E-state index contributed by atoms with van der Waals surface area (Å²) in [5.41, 5.74) is 3.75. The predicted molar refractivity (Wildman–Crippen MR) is 116 cm³/mol. The molecule has 3 nitrogen and oxygen atoms in total. The summed E-state index contributed by atoms with van der Waals surface area (Å²) in [6.07, 6.45) is 5.53. The number of rotatable bonds is 3. The highest BCUT2D eigenvalue weighted by Gasteiger charge is 2.45. The van der Waals surface area contributed by atoms with Crippen LogP contribution in [0.1, 0.15) is 52.0 Å². The third kappa shape index (κ3) is 4.35. The molecule has 3 fully saturated rings. The van der Waals surface area contributed by atoms with Crippen molar-refractivity contribution in [2.45, 2.75) is 58.9 Å².